The number of nitrogens with zero attached hydrogens (tertiary/aromatic N) is 3. The minimum atomic E-state index is -0.466. The van der Waals surface area contributed by atoms with E-state index in [-0.39, 0.29) is 5.69 Å². The number of hydrogen-bond donors (Lipinski definition) is 3. The van der Waals surface area contributed by atoms with Gasteiger partial charge in [0.1, 0.15) is 11.4 Å². The topological polar surface area (TPSA) is 135 Å². The third-order valence-electron chi connectivity index (χ3n) is 5.20. The van der Waals surface area contributed by atoms with E-state index in [0.29, 0.717) is 29.1 Å². The first-order chi connectivity index (χ1) is 15.3. The number of fused-ring (bicyclic) bond motifs is 1. The van der Waals surface area contributed by atoms with E-state index in [0.717, 1.165) is 16.5 Å². The largest absolute Gasteiger partial charge is 0.360 e. The summed E-state index contributed by atoms with van der Waals surface area (Å²) < 4.78 is 1.56. The lowest BCUT2D eigenvalue weighted by molar-refractivity contribution is -0.386. The molecule has 10 heteroatoms. The Morgan fingerprint density at radius 2 is 1.75 bits per heavy atom. The molecule has 2 aromatic heterocycles. The van der Waals surface area contributed by atoms with Gasteiger partial charge in [0.25, 0.3) is 11.8 Å². The fraction of sp³-hybridized carbons (Fsp3) is 0.136. The van der Waals surface area contributed by atoms with Crippen molar-refractivity contribution in [3.05, 3.63) is 92.9 Å². The molecular formula is C22H20N6O4. The van der Waals surface area contributed by atoms with Crippen molar-refractivity contribution in [2.75, 3.05) is 0 Å². The van der Waals surface area contributed by atoms with Gasteiger partial charge in [0.05, 0.1) is 17.0 Å². The molecule has 0 atom stereocenters. The molecule has 0 bridgehead atoms. The number of amides is 2. The predicted octanol–water partition coefficient (Wildman–Crippen LogP) is 3.01. The second kappa shape index (κ2) is 8.34. The van der Waals surface area contributed by atoms with Crippen molar-refractivity contribution in [1.29, 1.82) is 0 Å². The van der Waals surface area contributed by atoms with Crippen LogP contribution in [0.25, 0.3) is 10.9 Å². The average molecular weight is 432 g/mol. The maximum absolute atomic E-state index is 12.4. The highest BCUT2D eigenvalue weighted by molar-refractivity contribution is 6.07. The molecule has 3 N–H and O–H groups in total. The summed E-state index contributed by atoms with van der Waals surface area (Å²) in [6.07, 6.45) is 1.59. The Hall–Kier alpha value is -4.47. The number of aromatic amines is 1. The van der Waals surface area contributed by atoms with Crippen LogP contribution in [0.4, 0.5) is 5.69 Å². The summed E-state index contributed by atoms with van der Waals surface area (Å²) in [7, 11) is 0. The summed E-state index contributed by atoms with van der Waals surface area (Å²) in [5, 5.41) is 16.1. The molecule has 2 aromatic carbocycles. The number of nitrogens with one attached hydrogen (secondary N) is 3. The lowest BCUT2D eigenvalue weighted by atomic mass is 10.1. The number of H-pyrrole nitrogens is 1. The van der Waals surface area contributed by atoms with Crippen molar-refractivity contribution in [2.24, 2.45) is 0 Å². The quantitative estimate of drug-likeness (QED) is 0.329. The van der Waals surface area contributed by atoms with Crippen molar-refractivity contribution < 1.29 is 14.5 Å². The van der Waals surface area contributed by atoms with Gasteiger partial charge in [-0.05, 0) is 37.6 Å². The van der Waals surface area contributed by atoms with Crippen LogP contribution in [0.5, 0.6) is 0 Å². The average Bonchev–Trinajstić information content (AvgIpc) is 3.33. The Morgan fingerprint density at radius 1 is 1.06 bits per heavy atom. The van der Waals surface area contributed by atoms with Crippen LogP contribution < -0.4 is 10.9 Å². The molecule has 162 valence electrons. The van der Waals surface area contributed by atoms with Crippen LogP contribution in [-0.4, -0.2) is 31.5 Å². The highest BCUT2D eigenvalue weighted by Crippen LogP contribution is 2.22. The van der Waals surface area contributed by atoms with Gasteiger partial charge in [0.2, 0.25) is 0 Å². The van der Waals surface area contributed by atoms with Crippen molar-refractivity contribution in [3.8, 4) is 0 Å². The maximum atomic E-state index is 12.4. The van der Waals surface area contributed by atoms with E-state index in [2.05, 4.69) is 20.9 Å². The highest BCUT2D eigenvalue weighted by Gasteiger charge is 2.21. The molecular weight excluding hydrogens is 412 g/mol. The fourth-order valence-corrected chi connectivity index (χ4v) is 3.55. The van der Waals surface area contributed by atoms with Crippen molar-refractivity contribution in [1.82, 2.24) is 25.6 Å². The molecule has 2 amide bonds. The van der Waals surface area contributed by atoms with Crippen molar-refractivity contribution in [2.45, 2.75) is 20.4 Å². The van der Waals surface area contributed by atoms with Gasteiger partial charge in [-0.3, -0.25) is 35.2 Å². The fourth-order valence-electron chi connectivity index (χ4n) is 3.55. The van der Waals surface area contributed by atoms with E-state index in [4.69, 9.17) is 0 Å². The van der Waals surface area contributed by atoms with Gasteiger partial charge in [-0.2, -0.15) is 5.10 Å². The summed E-state index contributed by atoms with van der Waals surface area (Å²) in [6.45, 7) is 3.58. The smallest absolute Gasteiger partial charge is 0.312 e. The molecule has 10 nitrogen and oxygen atoms in total. The first-order valence-electron chi connectivity index (χ1n) is 9.79. The van der Waals surface area contributed by atoms with E-state index >= 15 is 0 Å². The number of benzene rings is 2. The number of carbonyl (C=O) groups is 2. The molecule has 0 fully saturated rings. The number of rotatable bonds is 5. The van der Waals surface area contributed by atoms with Crippen LogP contribution in [-0.2, 0) is 6.54 Å². The van der Waals surface area contributed by atoms with Gasteiger partial charge in [-0.15, -0.1) is 0 Å². The zero-order chi connectivity index (χ0) is 22.8. The standard InChI is InChI=1S/C22H20N6O4/c1-13-20(28(31)32)14(2)27(26-13)12-15-7-9-16(10-8-15)21(29)24-25-22(30)18-11-23-19-6-4-3-5-17(18)19/h3-11,23H,12H2,1-2H3,(H,24,29)(H,25,30). The molecule has 0 spiro atoms. The van der Waals surface area contributed by atoms with Gasteiger partial charge in [-0.1, -0.05) is 30.3 Å². The molecule has 2 heterocycles. The van der Waals surface area contributed by atoms with Gasteiger partial charge in [0, 0.05) is 22.7 Å². The monoisotopic (exact) mass is 432 g/mol. The van der Waals surface area contributed by atoms with Crippen LogP contribution in [0, 0.1) is 24.0 Å². The number of aryl methyl sites for hydroxylation is 1. The Morgan fingerprint density at radius 3 is 2.44 bits per heavy atom. The maximum Gasteiger partial charge on any atom is 0.312 e. The first-order valence-corrected chi connectivity index (χ1v) is 9.79. The number of hydrogen-bond acceptors (Lipinski definition) is 5. The van der Waals surface area contributed by atoms with E-state index in [1.54, 1.807) is 49.0 Å². The van der Waals surface area contributed by atoms with Crippen LogP contribution >= 0.6 is 0 Å². The van der Waals surface area contributed by atoms with Gasteiger partial charge < -0.3 is 4.98 Å². The molecule has 0 aliphatic heterocycles. The number of carbonyl (C=O) groups excluding carboxylic acids is 2. The summed E-state index contributed by atoms with van der Waals surface area (Å²) in [5.74, 6) is -0.898. The number of nitro groups is 1. The lowest BCUT2D eigenvalue weighted by Crippen LogP contribution is -2.41. The number of aromatic nitrogens is 3. The van der Waals surface area contributed by atoms with E-state index in [1.165, 1.54) is 0 Å². The molecule has 0 saturated heterocycles. The van der Waals surface area contributed by atoms with E-state index < -0.39 is 16.7 Å². The SMILES string of the molecule is Cc1nn(Cc2ccc(C(=O)NNC(=O)c3c[nH]c4ccccc34)cc2)c(C)c1[N+](=O)[O-]. The molecule has 32 heavy (non-hydrogen) atoms. The molecule has 0 aliphatic carbocycles. The van der Waals surface area contributed by atoms with Crippen molar-refractivity contribution in [3.63, 3.8) is 0 Å². The van der Waals surface area contributed by atoms with Gasteiger partial charge in [-0.25, -0.2) is 0 Å². The minimum Gasteiger partial charge on any atom is -0.360 e. The third-order valence-corrected chi connectivity index (χ3v) is 5.20. The lowest BCUT2D eigenvalue weighted by Gasteiger charge is -2.08. The second-order valence-electron chi connectivity index (χ2n) is 7.29. The molecule has 4 rings (SSSR count). The second-order valence-corrected chi connectivity index (χ2v) is 7.29. The Labute approximate surface area is 182 Å². The number of para-hydroxylation sites is 1. The van der Waals surface area contributed by atoms with Gasteiger partial charge in [0.15, 0.2) is 0 Å². The molecule has 4 aromatic rings. The van der Waals surface area contributed by atoms with Crippen LogP contribution in [0.2, 0.25) is 0 Å². The van der Waals surface area contributed by atoms with E-state index in [1.807, 2.05) is 24.3 Å². The molecule has 0 aliphatic rings. The summed E-state index contributed by atoms with van der Waals surface area (Å²) in [5.41, 5.74) is 8.09. The summed E-state index contributed by atoms with van der Waals surface area (Å²) >= 11 is 0. The third kappa shape index (κ3) is 3.93. The Bertz CT molecular complexity index is 1340. The van der Waals surface area contributed by atoms with Gasteiger partial charge >= 0.3 is 5.69 Å². The summed E-state index contributed by atoms with van der Waals surface area (Å²) in [6, 6.07) is 14.1. The molecule has 0 saturated carbocycles. The zero-order valence-corrected chi connectivity index (χ0v) is 17.4. The summed E-state index contributed by atoms with van der Waals surface area (Å²) in [4.78, 5) is 38.5. The normalized spacial score (nSPS) is 10.8. The Kier molecular flexibility index (Phi) is 5.42. The zero-order valence-electron chi connectivity index (χ0n) is 17.4. The first kappa shape index (κ1) is 20.8. The predicted molar refractivity (Wildman–Crippen MR) is 117 cm³/mol. The molecule has 0 unspecified atom stereocenters. The highest BCUT2D eigenvalue weighted by atomic mass is 16.6. The minimum absolute atomic E-state index is 0.00643. The van der Waals surface area contributed by atoms with Crippen molar-refractivity contribution >= 4 is 28.4 Å². The van der Waals surface area contributed by atoms with Crippen LogP contribution in [0.1, 0.15) is 37.7 Å². The van der Waals surface area contributed by atoms with Crippen LogP contribution in [0.15, 0.2) is 54.7 Å². The van der Waals surface area contributed by atoms with Crippen LogP contribution in [0.3, 0.4) is 0 Å². The number of hydrazine groups is 1. The van der Waals surface area contributed by atoms with E-state index in [9.17, 15) is 19.7 Å². The molecule has 0 radical (unpaired) electrons. The Balaban J connectivity index is 1.40.